The SMILES string of the molecule is CN1CCN(S(C)(=O)=O)C[C@H]1c1nnc2ccc(C(=O)NCCc3ccccc3)cn12. The van der Waals surface area contributed by atoms with Crippen LogP contribution in [-0.4, -0.2) is 77.6 Å². The van der Waals surface area contributed by atoms with Gasteiger partial charge in [-0.1, -0.05) is 30.3 Å². The summed E-state index contributed by atoms with van der Waals surface area (Å²) < 4.78 is 27.3. The third-order valence-corrected chi connectivity index (χ3v) is 6.88. The van der Waals surface area contributed by atoms with E-state index in [-0.39, 0.29) is 11.9 Å². The molecule has 1 saturated heterocycles. The van der Waals surface area contributed by atoms with Crippen molar-refractivity contribution in [3.8, 4) is 0 Å². The molecule has 31 heavy (non-hydrogen) atoms. The summed E-state index contributed by atoms with van der Waals surface area (Å²) in [5, 5.41) is 11.5. The number of hydrogen-bond acceptors (Lipinski definition) is 6. The molecule has 1 N–H and O–H groups in total. The molecule has 3 heterocycles. The maximum absolute atomic E-state index is 12.7. The molecule has 9 nitrogen and oxygen atoms in total. The number of benzene rings is 1. The minimum Gasteiger partial charge on any atom is -0.352 e. The van der Waals surface area contributed by atoms with Crippen LogP contribution in [0.15, 0.2) is 48.7 Å². The third kappa shape index (κ3) is 4.76. The summed E-state index contributed by atoms with van der Waals surface area (Å²) in [6.45, 7) is 1.86. The lowest BCUT2D eigenvalue weighted by molar-refractivity contribution is 0.0953. The summed E-state index contributed by atoms with van der Waals surface area (Å²) >= 11 is 0. The molecule has 1 amide bonds. The second-order valence-corrected chi connectivity index (χ2v) is 9.80. The number of hydrogen-bond donors (Lipinski definition) is 1. The van der Waals surface area contributed by atoms with Gasteiger partial charge in [-0.25, -0.2) is 8.42 Å². The fourth-order valence-corrected chi connectivity index (χ4v) is 4.59. The Morgan fingerprint density at radius 1 is 1.13 bits per heavy atom. The van der Waals surface area contributed by atoms with Gasteiger partial charge in [0, 0.05) is 32.4 Å². The zero-order chi connectivity index (χ0) is 22.0. The fourth-order valence-electron chi connectivity index (χ4n) is 3.77. The van der Waals surface area contributed by atoms with Crippen LogP contribution in [0.3, 0.4) is 0 Å². The molecule has 1 fully saturated rings. The summed E-state index contributed by atoms with van der Waals surface area (Å²) in [7, 11) is -1.36. The summed E-state index contributed by atoms with van der Waals surface area (Å²) in [5.41, 5.74) is 2.27. The molecule has 1 aliphatic rings. The Labute approximate surface area is 181 Å². The molecule has 0 radical (unpaired) electrons. The lowest BCUT2D eigenvalue weighted by Crippen LogP contribution is -2.49. The van der Waals surface area contributed by atoms with Crippen LogP contribution in [0, 0.1) is 0 Å². The topological polar surface area (TPSA) is 99.9 Å². The van der Waals surface area contributed by atoms with E-state index in [1.165, 1.54) is 10.6 Å². The van der Waals surface area contributed by atoms with Gasteiger partial charge in [-0.2, -0.15) is 4.31 Å². The van der Waals surface area contributed by atoms with E-state index < -0.39 is 10.0 Å². The maximum atomic E-state index is 12.7. The van der Waals surface area contributed by atoms with E-state index in [0.717, 1.165) is 12.0 Å². The van der Waals surface area contributed by atoms with Gasteiger partial charge < -0.3 is 5.32 Å². The van der Waals surface area contributed by atoms with Crippen LogP contribution in [0.5, 0.6) is 0 Å². The Morgan fingerprint density at radius 3 is 2.65 bits per heavy atom. The zero-order valence-electron chi connectivity index (χ0n) is 17.6. The van der Waals surface area contributed by atoms with Crippen molar-refractivity contribution < 1.29 is 13.2 Å². The second-order valence-electron chi connectivity index (χ2n) is 7.81. The number of likely N-dealkylation sites (N-methyl/N-ethyl adjacent to an activating group) is 1. The quantitative estimate of drug-likeness (QED) is 0.610. The van der Waals surface area contributed by atoms with Crippen LogP contribution in [0.2, 0.25) is 0 Å². The third-order valence-electron chi connectivity index (χ3n) is 5.61. The van der Waals surface area contributed by atoms with E-state index in [1.54, 1.807) is 22.7 Å². The molecule has 0 unspecified atom stereocenters. The first kappa shape index (κ1) is 21.4. The number of carbonyl (C=O) groups is 1. The number of amides is 1. The molecule has 0 bridgehead atoms. The molecule has 1 atom stereocenters. The van der Waals surface area contributed by atoms with Gasteiger partial charge in [0.1, 0.15) is 0 Å². The van der Waals surface area contributed by atoms with Crippen LogP contribution in [0.25, 0.3) is 5.65 Å². The number of piperazine rings is 1. The molecule has 0 spiro atoms. The van der Waals surface area contributed by atoms with Crippen molar-refractivity contribution in [2.45, 2.75) is 12.5 Å². The predicted molar refractivity (Wildman–Crippen MR) is 117 cm³/mol. The van der Waals surface area contributed by atoms with E-state index in [9.17, 15) is 13.2 Å². The highest BCUT2D eigenvalue weighted by Gasteiger charge is 2.33. The number of rotatable bonds is 6. The molecule has 4 rings (SSSR count). The first-order chi connectivity index (χ1) is 14.8. The minimum absolute atomic E-state index is 0.174. The fraction of sp³-hybridized carbons (Fsp3) is 0.381. The van der Waals surface area contributed by atoms with Crippen LogP contribution in [-0.2, 0) is 16.4 Å². The predicted octanol–water partition coefficient (Wildman–Crippen LogP) is 0.950. The van der Waals surface area contributed by atoms with Crippen molar-refractivity contribution in [1.29, 1.82) is 0 Å². The molecule has 3 aromatic rings. The molecular weight excluding hydrogens is 416 g/mol. The second kappa shape index (κ2) is 8.74. The largest absolute Gasteiger partial charge is 0.352 e. The summed E-state index contributed by atoms with van der Waals surface area (Å²) in [6, 6.07) is 13.2. The normalized spacial score (nSPS) is 18.3. The van der Waals surface area contributed by atoms with Crippen molar-refractivity contribution in [1.82, 2.24) is 29.1 Å². The van der Waals surface area contributed by atoms with Crippen molar-refractivity contribution in [3.05, 3.63) is 65.6 Å². The van der Waals surface area contributed by atoms with Crippen LogP contribution < -0.4 is 5.32 Å². The molecule has 0 saturated carbocycles. The number of carbonyl (C=O) groups excluding carboxylic acids is 1. The highest BCUT2D eigenvalue weighted by Crippen LogP contribution is 2.24. The molecule has 2 aromatic heterocycles. The first-order valence-electron chi connectivity index (χ1n) is 10.1. The number of nitrogens with zero attached hydrogens (tertiary/aromatic N) is 5. The number of sulfonamides is 1. The number of pyridine rings is 1. The Morgan fingerprint density at radius 2 is 1.90 bits per heavy atom. The first-order valence-corrected chi connectivity index (χ1v) is 12.0. The Bertz CT molecular complexity index is 1180. The number of aromatic nitrogens is 3. The minimum atomic E-state index is -3.30. The van der Waals surface area contributed by atoms with Gasteiger partial charge in [-0.15, -0.1) is 10.2 Å². The molecule has 1 aromatic carbocycles. The highest BCUT2D eigenvalue weighted by atomic mass is 32.2. The van der Waals surface area contributed by atoms with E-state index in [1.807, 2.05) is 37.4 Å². The van der Waals surface area contributed by atoms with Gasteiger partial charge in [0.2, 0.25) is 10.0 Å². The van der Waals surface area contributed by atoms with Crippen molar-refractivity contribution >= 4 is 21.6 Å². The molecule has 1 aliphatic heterocycles. The number of fused-ring (bicyclic) bond motifs is 1. The van der Waals surface area contributed by atoms with E-state index in [0.29, 0.717) is 43.2 Å². The Hall–Kier alpha value is -2.82. The average molecular weight is 443 g/mol. The molecule has 0 aliphatic carbocycles. The lowest BCUT2D eigenvalue weighted by atomic mass is 10.1. The molecular formula is C21H26N6O3S. The van der Waals surface area contributed by atoms with E-state index in [2.05, 4.69) is 20.4 Å². The van der Waals surface area contributed by atoms with Crippen LogP contribution >= 0.6 is 0 Å². The van der Waals surface area contributed by atoms with Crippen molar-refractivity contribution in [2.24, 2.45) is 0 Å². The average Bonchev–Trinajstić information content (AvgIpc) is 3.17. The standard InChI is InChI=1S/C21H26N6O3S/c1-25-12-13-26(31(2,29)30)15-18(25)20-24-23-19-9-8-17(14-27(19)20)21(28)22-11-10-16-6-4-3-5-7-16/h3-9,14,18H,10-13,15H2,1-2H3,(H,22,28)/t18-/m0/s1. The van der Waals surface area contributed by atoms with Gasteiger partial charge in [-0.05, 0) is 31.2 Å². The summed E-state index contributed by atoms with van der Waals surface area (Å²) in [4.78, 5) is 14.7. The summed E-state index contributed by atoms with van der Waals surface area (Å²) in [6.07, 6.45) is 3.69. The van der Waals surface area contributed by atoms with Gasteiger partial charge in [0.25, 0.3) is 5.91 Å². The Kier molecular flexibility index (Phi) is 6.03. The van der Waals surface area contributed by atoms with E-state index >= 15 is 0 Å². The lowest BCUT2D eigenvalue weighted by Gasteiger charge is -2.37. The van der Waals surface area contributed by atoms with Crippen molar-refractivity contribution in [2.75, 3.05) is 39.5 Å². The van der Waals surface area contributed by atoms with E-state index in [4.69, 9.17) is 0 Å². The Balaban J connectivity index is 1.52. The molecule has 10 heteroatoms. The molecule has 164 valence electrons. The van der Waals surface area contributed by atoms with Gasteiger partial charge in [-0.3, -0.25) is 14.1 Å². The van der Waals surface area contributed by atoms with Gasteiger partial charge in [0.05, 0.1) is 17.9 Å². The maximum Gasteiger partial charge on any atom is 0.252 e. The van der Waals surface area contributed by atoms with Gasteiger partial charge >= 0.3 is 0 Å². The number of nitrogens with one attached hydrogen (secondary N) is 1. The summed E-state index contributed by atoms with van der Waals surface area (Å²) in [5.74, 6) is 0.442. The van der Waals surface area contributed by atoms with Gasteiger partial charge in [0.15, 0.2) is 11.5 Å². The van der Waals surface area contributed by atoms with Crippen molar-refractivity contribution in [3.63, 3.8) is 0 Å². The zero-order valence-corrected chi connectivity index (χ0v) is 18.4. The monoisotopic (exact) mass is 442 g/mol. The highest BCUT2D eigenvalue weighted by molar-refractivity contribution is 7.88. The van der Waals surface area contributed by atoms with Crippen LogP contribution in [0.4, 0.5) is 0 Å². The smallest absolute Gasteiger partial charge is 0.252 e. The van der Waals surface area contributed by atoms with Crippen LogP contribution in [0.1, 0.15) is 27.8 Å².